The van der Waals surface area contributed by atoms with Crippen LogP contribution in [0, 0.1) is 5.41 Å². The largest absolute Gasteiger partial charge is 0.496 e. The number of hydrogen-bond acceptors (Lipinski definition) is 2. The summed E-state index contributed by atoms with van der Waals surface area (Å²) in [6.07, 6.45) is 4.45. The molecular formula is C12H23NO. The predicted molar refractivity (Wildman–Crippen MR) is 60.2 cm³/mol. The van der Waals surface area contributed by atoms with Gasteiger partial charge in [0.05, 0.1) is 12.6 Å². The molecule has 2 heteroatoms. The lowest BCUT2D eigenvalue weighted by molar-refractivity contribution is 0.167. The van der Waals surface area contributed by atoms with Gasteiger partial charge in [-0.05, 0) is 24.5 Å². The second-order valence-corrected chi connectivity index (χ2v) is 5.00. The van der Waals surface area contributed by atoms with E-state index in [0.717, 1.165) is 25.3 Å². The Bertz CT molecular complexity index is 203. The maximum absolute atomic E-state index is 5.64. The van der Waals surface area contributed by atoms with Crippen LogP contribution >= 0.6 is 0 Å². The van der Waals surface area contributed by atoms with Crippen LogP contribution in [0.3, 0.4) is 0 Å². The molecule has 0 aromatic carbocycles. The molecule has 1 unspecified atom stereocenters. The Morgan fingerprint density at radius 3 is 2.64 bits per heavy atom. The molecule has 0 saturated heterocycles. The lowest BCUT2D eigenvalue weighted by Crippen LogP contribution is -2.42. The van der Waals surface area contributed by atoms with E-state index < -0.39 is 0 Å². The molecule has 1 N–H and O–H groups in total. The molecule has 1 aliphatic heterocycles. The van der Waals surface area contributed by atoms with Crippen LogP contribution in [0.25, 0.3) is 0 Å². The zero-order chi connectivity index (χ0) is 10.6. The molecule has 0 bridgehead atoms. The van der Waals surface area contributed by atoms with Crippen molar-refractivity contribution < 1.29 is 4.74 Å². The van der Waals surface area contributed by atoms with E-state index in [4.69, 9.17) is 4.74 Å². The smallest absolute Gasteiger partial charge is 0.110 e. The summed E-state index contributed by atoms with van der Waals surface area (Å²) in [6, 6.07) is 0.366. The summed E-state index contributed by atoms with van der Waals surface area (Å²) in [4.78, 5) is 0. The monoisotopic (exact) mass is 197 g/mol. The van der Waals surface area contributed by atoms with E-state index >= 15 is 0 Å². The second kappa shape index (κ2) is 4.83. The van der Waals surface area contributed by atoms with Crippen molar-refractivity contribution in [1.82, 2.24) is 5.32 Å². The summed E-state index contributed by atoms with van der Waals surface area (Å²) in [7, 11) is 0. The Balaban J connectivity index is 2.61. The minimum Gasteiger partial charge on any atom is -0.496 e. The van der Waals surface area contributed by atoms with Crippen molar-refractivity contribution in [2.45, 2.75) is 46.6 Å². The van der Waals surface area contributed by atoms with Crippen LogP contribution in [0.4, 0.5) is 0 Å². The highest BCUT2D eigenvalue weighted by Crippen LogP contribution is 2.28. The maximum Gasteiger partial charge on any atom is 0.110 e. The molecule has 1 rings (SSSR count). The molecule has 2 nitrogen and oxygen atoms in total. The van der Waals surface area contributed by atoms with Gasteiger partial charge in [0.1, 0.15) is 5.76 Å². The van der Waals surface area contributed by atoms with E-state index in [1.807, 2.05) is 0 Å². The van der Waals surface area contributed by atoms with Crippen molar-refractivity contribution in [3.05, 3.63) is 11.8 Å². The van der Waals surface area contributed by atoms with Crippen LogP contribution in [-0.4, -0.2) is 19.2 Å². The average Bonchev–Trinajstić information content (AvgIpc) is 2.55. The first kappa shape index (κ1) is 11.6. The molecule has 0 aliphatic carbocycles. The molecule has 1 aliphatic rings. The quantitative estimate of drug-likeness (QED) is 0.748. The molecule has 82 valence electrons. The summed E-state index contributed by atoms with van der Waals surface area (Å²) in [5, 5.41) is 3.56. The van der Waals surface area contributed by atoms with Gasteiger partial charge in [0, 0.05) is 6.42 Å². The van der Waals surface area contributed by atoms with Gasteiger partial charge in [-0.2, -0.15) is 0 Å². The Kier molecular flexibility index (Phi) is 3.99. The highest BCUT2D eigenvalue weighted by atomic mass is 16.5. The first-order valence-electron chi connectivity index (χ1n) is 5.62. The second-order valence-electron chi connectivity index (χ2n) is 5.00. The molecule has 0 aromatic rings. The number of hydrogen-bond donors (Lipinski definition) is 1. The van der Waals surface area contributed by atoms with Gasteiger partial charge >= 0.3 is 0 Å². The third-order valence-corrected chi connectivity index (χ3v) is 2.48. The third kappa shape index (κ3) is 3.02. The van der Waals surface area contributed by atoms with Gasteiger partial charge in [0.2, 0.25) is 0 Å². The minimum absolute atomic E-state index is 0.228. The average molecular weight is 197 g/mol. The van der Waals surface area contributed by atoms with E-state index in [9.17, 15) is 0 Å². The predicted octanol–water partition coefficient (Wildman–Crippen LogP) is 2.70. The highest BCUT2D eigenvalue weighted by molar-refractivity contribution is 5.10. The van der Waals surface area contributed by atoms with Crippen LogP contribution in [0.5, 0.6) is 0 Å². The fourth-order valence-electron chi connectivity index (χ4n) is 1.76. The summed E-state index contributed by atoms with van der Waals surface area (Å²) in [5.74, 6) is 1.14. The van der Waals surface area contributed by atoms with Gasteiger partial charge in [-0.25, -0.2) is 0 Å². The molecule has 14 heavy (non-hydrogen) atoms. The van der Waals surface area contributed by atoms with Crippen LogP contribution in [0.1, 0.15) is 40.5 Å². The Labute approximate surface area is 87.7 Å². The molecule has 0 fully saturated rings. The van der Waals surface area contributed by atoms with Crippen molar-refractivity contribution in [1.29, 1.82) is 0 Å². The normalized spacial score (nSPS) is 19.0. The van der Waals surface area contributed by atoms with Crippen molar-refractivity contribution in [2.24, 2.45) is 5.41 Å². The van der Waals surface area contributed by atoms with Crippen molar-refractivity contribution in [2.75, 3.05) is 13.2 Å². The summed E-state index contributed by atoms with van der Waals surface area (Å²) < 4.78 is 5.64. The lowest BCUT2D eigenvalue weighted by Gasteiger charge is -2.32. The van der Waals surface area contributed by atoms with Crippen LogP contribution in [-0.2, 0) is 4.74 Å². The molecule has 0 radical (unpaired) electrons. The van der Waals surface area contributed by atoms with Gasteiger partial charge in [-0.3, -0.25) is 0 Å². The van der Waals surface area contributed by atoms with Crippen molar-refractivity contribution in [3.63, 3.8) is 0 Å². The number of ether oxygens (including phenoxy) is 1. The van der Waals surface area contributed by atoms with Gasteiger partial charge < -0.3 is 10.1 Å². The zero-order valence-electron chi connectivity index (χ0n) is 9.89. The van der Waals surface area contributed by atoms with E-state index in [1.54, 1.807) is 0 Å². The summed E-state index contributed by atoms with van der Waals surface area (Å²) in [5.41, 5.74) is 0.228. The zero-order valence-corrected chi connectivity index (χ0v) is 9.89. The lowest BCUT2D eigenvalue weighted by atomic mass is 9.85. The minimum atomic E-state index is 0.228. The fourth-order valence-corrected chi connectivity index (χ4v) is 1.76. The highest BCUT2D eigenvalue weighted by Gasteiger charge is 2.29. The fraction of sp³-hybridized carbons (Fsp3) is 0.833. The third-order valence-electron chi connectivity index (χ3n) is 2.48. The first-order chi connectivity index (χ1) is 6.55. The molecule has 0 aromatic heterocycles. The van der Waals surface area contributed by atoms with Crippen molar-refractivity contribution >= 4 is 0 Å². The van der Waals surface area contributed by atoms with E-state index in [2.05, 4.69) is 39.1 Å². The number of nitrogens with one attached hydrogen (secondary N) is 1. The number of rotatable bonds is 4. The van der Waals surface area contributed by atoms with Gasteiger partial charge in [0.15, 0.2) is 0 Å². The SMILES string of the molecule is CCCNC(C1=CCCO1)C(C)(C)C. The standard InChI is InChI=1S/C12H23NO/c1-5-8-13-11(12(2,3)4)10-7-6-9-14-10/h7,11,13H,5-6,8-9H2,1-4H3. The van der Waals surface area contributed by atoms with Gasteiger partial charge in [-0.15, -0.1) is 0 Å². The van der Waals surface area contributed by atoms with Gasteiger partial charge in [0.25, 0.3) is 0 Å². The summed E-state index contributed by atoms with van der Waals surface area (Å²) >= 11 is 0. The maximum atomic E-state index is 5.64. The molecule has 1 heterocycles. The first-order valence-corrected chi connectivity index (χ1v) is 5.62. The van der Waals surface area contributed by atoms with Crippen molar-refractivity contribution in [3.8, 4) is 0 Å². The molecule has 0 saturated carbocycles. The Morgan fingerprint density at radius 2 is 2.21 bits per heavy atom. The molecular weight excluding hydrogens is 174 g/mol. The van der Waals surface area contributed by atoms with E-state index in [0.29, 0.717) is 6.04 Å². The molecule has 0 amide bonds. The Hall–Kier alpha value is -0.500. The summed E-state index contributed by atoms with van der Waals surface area (Å²) in [6.45, 7) is 10.9. The van der Waals surface area contributed by atoms with Crippen LogP contribution < -0.4 is 5.32 Å². The van der Waals surface area contributed by atoms with Crippen LogP contribution in [0.15, 0.2) is 11.8 Å². The van der Waals surface area contributed by atoms with E-state index in [1.165, 1.54) is 6.42 Å². The topological polar surface area (TPSA) is 21.3 Å². The Morgan fingerprint density at radius 1 is 1.50 bits per heavy atom. The molecule has 0 spiro atoms. The van der Waals surface area contributed by atoms with Gasteiger partial charge in [-0.1, -0.05) is 27.7 Å². The van der Waals surface area contributed by atoms with Crippen LogP contribution in [0.2, 0.25) is 0 Å². The molecule has 1 atom stereocenters. The van der Waals surface area contributed by atoms with E-state index in [-0.39, 0.29) is 5.41 Å².